The van der Waals surface area contributed by atoms with E-state index < -0.39 is 0 Å². The summed E-state index contributed by atoms with van der Waals surface area (Å²) in [5, 5.41) is 1.05. The molecule has 1 saturated heterocycles. The van der Waals surface area contributed by atoms with Crippen LogP contribution < -0.4 is 5.73 Å². The Balaban J connectivity index is 0.00000192. The topological polar surface area (TPSA) is 59.5 Å². The molecule has 2 heterocycles. The number of nitrogens with zero attached hydrogens (tertiary/aromatic N) is 1. The molecule has 0 bridgehead atoms. The molecule has 1 aliphatic heterocycles. The van der Waals surface area contributed by atoms with E-state index in [0.29, 0.717) is 13.0 Å². The zero-order valence-corrected chi connectivity index (χ0v) is 14.8. The van der Waals surface area contributed by atoms with Gasteiger partial charge in [0.05, 0.1) is 12.7 Å². The van der Waals surface area contributed by atoms with Gasteiger partial charge in [0.2, 0.25) is 5.91 Å². The molecule has 4 nitrogen and oxygen atoms in total. The molecule has 1 aliphatic rings. The standard InChI is InChI=1S/C18H24N2O2.ClH/c1-12-6-15-14(9-22-16(15)7-13(12)2)8-17(21)20-5-4-18(3,10-19)11-20;/h6-7,9H,4-5,8,10-11,19H2,1-3H3;1H. The highest BCUT2D eigenvalue weighted by atomic mass is 35.5. The van der Waals surface area contributed by atoms with Gasteiger partial charge in [-0.1, -0.05) is 6.92 Å². The van der Waals surface area contributed by atoms with E-state index >= 15 is 0 Å². The highest BCUT2D eigenvalue weighted by molar-refractivity contribution is 5.88. The Morgan fingerprint density at radius 2 is 2.04 bits per heavy atom. The molecule has 0 spiro atoms. The van der Waals surface area contributed by atoms with Crippen LogP contribution >= 0.6 is 12.4 Å². The predicted octanol–water partition coefficient (Wildman–Crippen LogP) is 3.21. The lowest BCUT2D eigenvalue weighted by Crippen LogP contribution is -2.35. The number of nitrogens with two attached hydrogens (primary N) is 1. The summed E-state index contributed by atoms with van der Waals surface area (Å²) in [5.41, 5.74) is 10.2. The lowest BCUT2D eigenvalue weighted by Gasteiger charge is -2.22. The molecule has 23 heavy (non-hydrogen) atoms. The fraction of sp³-hybridized carbons (Fsp3) is 0.500. The van der Waals surface area contributed by atoms with Crippen LogP contribution in [0.15, 0.2) is 22.8 Å². The maximum Gasteiger partial charge on any atom is 0.227 e. The van der Waals surface area contributed by atoms with E-state index in [0.717, 1.165) is 36.0 Å². The van der Waals surface area contributed by atoms with E-state index in [1.54, 1.807) is 6.26 Å². The SMILES string of the molecule is Cc1cc2occ(CC(=O)N3CCC(C)(CN)C3)c2cc1C.Cl. The van der Waals surface area contributed by atoms with Crippen molar-refractivity contribution in [2.24, 2.45) is 11.1 Å². The van der Waals surface area contributed by atoms with Crippen molar-refractivity contribution < 1.29 is 9.21 Å². The van der Waals surface area contributed by atoms with Crippen LogP contribution in [0, 0.1) is 19.3 Å². The van der Waals surface area contributed by atoms with Gasteiger partial charge in [0.25, 0.3) is 0 Å². The second-order valence-electron chi connectivity index (χ2n) is 6.95. The van der Waals surface area contributed by atoms with E-state index in [1.165, 1.54) is 11.1 Å². The molecule has 3 rings (SSSR count). The molecular weight excluding hydrogens is 312 g/mol. The van der Waals surface area contributed by atoms with Gasteiger partial charge in [-0.3, -0.25) is 4.79 Å². The van der Waals surface area contributed by atoms with E-state index in [2.05, 4.69) is 26.8 Å². The Labute approximate surface area is 143 Å². The van der Waals surface area contributed by atoms with E-state index in [4.69, 9.17) is 10.2 Å². The summed E-state index contributed by atoms with van der Waals surface area (Å²) in [4.78, 5) is 14.5. The molecule has 1 amide bonds. The number of hydrogen-bond acceptors (Lipinski definition) is 3. The Hall–Kier alpha value is -1.52. The third kappa shape index (κ3) is 3.38. The minimum absolute atomic E-state index is 0. The fourth-order valence-corrected chi connectivity index (χ4v) is 3.15. The normalized spacial score (nSPS) is 20.8. The first kappa shape index (κ1) is 17.8. The number of aryl methyl sites for hydroxylation is 2. The van der Waals surface area contributed by atoms with Crippen molar-refractivity contribution in [1.29, 1.82) is 0 Å². The smallest absolute Gasteiger partial charge is 0.227 e. The van der Waals surface area contributed by atoms with Crippen molar-refractivity contribution in [3.8, 4) is 0 Å². The molecule has 126 valence electrons. The maximum atomic E-state index is 12.6. The van der Waals surface area contributed by atoms with Crippen LogP contribution in [0.5, 0.6) is 0 Å². The summed E-state index contributed by atoms with van der Waals surface area (Å²) >= 11 is 0. The number of hydrogen-bond donors (Lipinski definition) is 1. The average Bonchev–Trinajstić information content (AvgIpc) is 3.05. The summed E-state index contributed by atoms with van der Waals surface area (Å²) in [7, 11) is 0. The monoisotopic (exact) mass is 336 g/mol. The maximum absolute atomic E-state index is 12.6. The van der Waals surface area contributed by atoms with E-state index in [-0.39, 0.29) is 23.7 Å². The van der Waals surface area contributed by atoms with Crippen LogP contribution in [0.25, 0.3) is 11.0 Å². The zero-order chi connectivity index (χ0) is 15.9. The number of carbonyl (C=O) groups excluding carboxylic acids is 1. The average molecular weight is 337 g/mol. The van der Waals surface area contributed by atoms with Gasteiger partial charge < -0.3 is 15.1 Å². The molecule has 0 saturated carbocycles. The molecular formula is C18H25ClN2O2. The fourth-order valence-electron chi connectivity index (χ4n) is 3.15. The molecule has 0 aliphatic carbocycles. The number of furan rings is 1. The Morgan fingerprint density at radius 1 is 1.35 bits per heavy atom. The first-order valence-electron chi connectivity index (χ1n) is 7.87. The lowest BCUT2D eigenvalue weighted by atomic mass is 9.90. The summed E-state index contributed by atoms with van der Waals surface area (Å²) in [6.07, 6.45) is 3.11. The number of halogens is 1. The van der Waals surface area contributed by atoms with Crippen molar-refractivity contribution in [2.45, 2.75) is 33.6 Å². The van der Waals surface area contributed by atoms with Gasteiger partial charge in [-0.15, -0.1) is 12.4 Å². The summed E-state index contributed by atoms with van der Waals surface area (Å²) in [6.45, 7) is 8.50. The Kier molecular flexibility index (Phi) is 5.07. The quantitative estimate of drug-likeness (QED) is 0.936. The van der Waals surface area contributed by atoms with Gasteiger partial charge in [0.1, 0.15) is 5.58 Å². The lowest BCUT2D eigenvalue weighted by molar-refractivity contribution is -0.129. The number of benzene rings is 1. The van der Waals surface area contributed by atoms with Crippen molar-refractivity contribution in [2.75, 3.05) is 19.6 Å². The van der Waals surface area contributed by atoms with Crippen LogP contribution in [-0.4, -0.2) is 30.4 Å². The molecule has 1 aromatic heterocycles. The second kappa shape index (κ2) is 6.54. The molecule has 1 aromatic carbocycles. The molecule has 1 unspecified atom stereocenters. The minimum atomic E-state index is 0. The van der Waals surface area contributed by atoms with E-state index in [9.17, 15) is 4.79 Å². The third-order valence-electron chi connectivity index (χ3n) is 5.02. The first-order valence-corrected chi connectivity index (χ1v) is 7.87. The van der Waals surface area contributed by atoms with Crippen LogP contribution in [0.3, 0.4) is 0 Å². The van der Waals surface area contributed by atoms with Gasteiger partial charge in [0, 0.05) is 24.0 Å². The second-order valence-corrected chi connectivity index (χ2v) is 6.95. The van der Waals surface area contributed by atoms with Crippen LogP contribution in [-0.2, 0) is 11.2 Å². The summed E-state index contributed by atoms with van der Waals surface area (Å²) in [5.74, 6) is 0.165. The summed E-state index contributed by atoms with van der Waals surface area (Å²) in [6, 6.07) is 4.16. The van der Waals surface area contributed by atoms with Gasteiger partial charge >= 0.3 is 0 Å². The third-order valence-corrected chi connectivity index (χ3v) is 5.02. The number of likely N-dealkylation sites (tertiary alicyclic amines) is 1. The van der Waals surface area contributed by atoms with Crippen molar-refractivity contribution in [3.63, 3.8) is 0 Å². The Bertz CT molecular complexity index is 725. The van der Waals surface area contributed by atoms with Gasteiger partial charge in [-0.05, 0) is 55.5 Å². The molecule has 2 aromatic rings. The van der Waals surface area contributed by atoms with Crippen LogP contribution in [0.2, 0.25) is 0 Å². The Morgan fingerprint density at radius 3 is 2.70 bits per heavy atom. The van der Waals surface area contributed by atoms with Gasteiger partial charge in [-0.2, -0.15) is 0 Å². The molecule has 2 N–H and O–H groups in total. The predicted molar refractivity (Wildman–Crippen MR) is 95.0 cm³/mol. The van der Waals surface area contributed by atoms with Crippen molar-refractivity contribution in [3.05, 3.63) is 35.1 Å². The van der Waals surface area contributed by atoms with Crippen molar-refractivity contribution >= 4 is 29.3 Å². The molecule has 5 heteroatoms. The van der Waals surface area contributed by atoms with Crippen LogP contribution in [0.4, 0.5) is 0 Å². The summed E-state index contributed by atoms with van der Waals surface area (Å²) < 4.78 is 5.62. The molecule has 0 radical (unpaired) electrons. The highest BCUT2D eigenvalue weighted by Crippen LogP contribution is 2.30. The first-order chi connectivity index (χ1) is 10.4. The number of carbonyl (C=O) groups is 1. The van der Waals surface area contributed by atoms with Crippen LogP contribution in [0.1, 0.15) is 30.0 Å². The van der Waals surface area contributed by atoms with Gasteiger partial charge in [0.15, 0.2) is 0 Å². The van der Waals surface area contributed by atoms with Crippen molar-refractivity contribution in [1.82, 2.24) is 4.90 Å². The number of fused-ring (bicyclic) bond motifs is 1. The van der Waals surface area contributed by atoms with E-state index in [1.807, 2.05) is 11.0 Å². The van der Waals surface area contributed by atoms with Gasteiger partial charge in [-0.25, -0.2) is 0 Å². The number of rotatable bonds is 3. The zero-order valence-electron chi connectivity index (χ0n) is 14.0. The molecule has 1 atom stereocenters. The number of amides is 1. The minimum Gasteiger partial charge on any atom is -0.464 e. The highest BCUT2D eigenvalue weighted by Gasteiger charge is 2.34. The largest absolute Gasteiger partial charge is 0.464 e. The molecule has 1 fully saturated rings.